The van der Waals surface area contributed by atoms with Crippen LogP contribution in [0.1, 0.15) is 44.6 Å². The van der Waals surface area contributed by atoms with Crippen LogP contribution in [0.3, 0.4) is 0 Å². The molecule has 25 heavy (non-hydrogen) atoms. The number of likely N-dealkylation sites (tertiary alicyclic amines) is 1. The lowest BCUT2D eigenvalue weighted by molar-refractivity contribution is -0.129. The average molecular weight is 364 g/mol. The third kappa shape index (κ3) is 4.27. The molecule has 5 nitrogen and oxygen atoms in total. The summed E-state index contributed by atoms with van der Waals surface area (Å²) in [6, 6.07) is 7.99. The van der Waals surface area contributed by atoms with Crippen molar-refractivity contribution in [3.8, 4) is 0 Å². The third-order valence-electron chi connectivity index (χ3n) is 5.61. The van der Waals surface area contributed by atoms with Crippen molar-refractivity contribution in [2.75, 3.05) is 19.6 Å². The highest BCUT2D eigenvalue weighted by molar-refractivity contribution is 6.30. The Morgan fingerprint density at radius 2 is 2.00 bits per heavy atom. The molecular formula is C19H26ClN3O2. The molecule has 6 heteroatoms. The fourth-order valence-electron chi connectivity index (χ4n) is 3.81. The summed E-state index contributed by atoms with van der Waals surface area (Å²) in [5, 5.41) is 6.84. The highest BCUT2D eigenvalue weighted by atomic mass is 35.5. The summed E-state index contributed by atoms with van der Waals surface area (Å²) in [4.78, 5) is 25.5. The van der Waals surface area contributed by atoms with Crippen molar-refractivity contribution in [1.29, 1.82) is 0 Å². The number of halogens is 1. The molecule has 1 saturated heterocycles. The van der Waals surface area contributed by atoms with Gasteiger partial charge in [-0.05, 0) is 43.4 Å². The van der Waals surface area contributed by atoms with Gasteiger partial charge in [0.25, 0.3) is 0 Å². The van der Waals surface area contributed by atoms with Crippen molar-refractivity contribution in [3.05, 3.63) is 34.9 Å². The summed E-state index contributed by atoms with van der Waals surface area (Å²) >= 11 is 6.13. The zero-order valence-electron chi connectivity index (χ0n) is 14.7. The maximum absolute atomic E-state index is 12.3. The lowest BCUT2D eigenvalue weighted by Gasteiger charge is -2.43. The molecule has 0 unspecified atom stereocenters. The Kier molecular flexibility index (Phi) is 5.52. The number of nitrogens with zero attached hydrogens (tertiary/aromatic N) is 1. The fraction of sp³-hybridized carbons (Fsp3) is 0.579. The van der Waals surface area contributed by atoms with E-state index in [-0.39, 0.29) is 23.4 Å². The van der Waals surface area contributed by atoms with E-state index in [4.69, 9.17) is 11.6 Å². The Balaban J connectivity index is 1.49. The standard InChI is InChI=1S/C19H26ClN3O2/c1-14(24)23-10-6-17(7-11-23)22-18(25)21-13-19(8-3-9-19)15-4-2-5-16(20)12-15/h2,4-5,12,17H,3,6-11,13H2,1H3,(H2,21,22,25). The van der Waals surface area contributed by atoms with Gasteiger partial charge in [0.2, 0.25) is 5.91 Å². The second-order valence-electron chi connectivity index (χ2n) is 7.25. The van der Waals surface area contributed by atoms with Crippen molar-refractivity contribution in [2.24, 2.45) is 0 Å². The highest BCUT2D eigenvalue weighted by Crippen LogP contribution is 2.43. The van der Waals surface area contributed by atoms with Crippen LogP contribution in [0.4, 0.5) is 4.79 Å². The van der Waals surface area contributed by atoms with Crippen molar-refractivity contribution in [1.82, 2.24) is 15.5 Å². The zero-order chi connectivity index (χ0) is 17.9. The van der Waals surface area contributed by atoms with Gasteiger partial charge in [0.05, 0.1) is 0 Å². The number of nitrogens with one attached hydrogen (secondary N) is 2. The SMILES string of the molecule is CC(=O)N1CCC(NC(=O)NCC2(c3cccc(Cl)c3)CCC2)CC1. The molecule has 1 aliphatic heterocycles. The Labute approximate surface area is 154 Å². The van der Waals surface area contributed by atoms with Gasteiger partial charge >= 0.3 is 6.03 Å². The Morgan fingerprint density at radius 1 is 1.28 bits per heavy atom. The van der Waals surface area contributed by atoms with Gasteiger partial charge < -0.3 is 15.5 Å². The topological polar surface area (TPSA) is 61.4 Å². The van der Waals surface area contributed by atoms with Crippen LogP contribution in [-0.2, 0) is 10.2 Å². The molecule has 136 valence electrons. The van der Waals surface area contributed by atoms with Crippen LogP contribution >= 0.6 is 11.6 Å². The van der Waals surface area contributed by atoms with Crippen LogP contribution in [0.15, 0.2) is 24.3 Å². The lowest BCUT2D eigenvalue weighted by atomic mass is 9.64. The Hall–Kier alpha value is -1.75. The minimum Gasteiger partial charge on any atom is -0.343 e. The van der Waals surface area contributed by atoms with E-state index in [0.29, 0.717) is 19.6 Å². The van der Waals surface area contributed by atoms with E-state index in [1.807, 2.05) is 23.1 Å². The molecule has 0 bridgehead atoms. The van der Waals surface area contributed by atoms with Crippen LogP contribution in [0.5, 0.6) is 0 Å². The summed E-state index contributed by atoms with van der Waals surface area (Å²) in [6.07, 6.45) is 4.95. The minimum atomic E-state index is -0.116. The van der Waals surface area contributed by atoms with Crippen molar-refractivity contribution < 1.29 is 9.59 Å². The summed E-state index contributed by atoms with van der Waals surface area (Å²) in [5.41, 5.74) is 1.22. The molecule has 3 amide bonds. The monoisotopic (exact) mass is 363 g/mol. The van der Waals surface area contributed by atoms with Gasteiger partial charge in [0, 0.05) is 43.0 Å². The number of rotatable bonds is 4. The van der Waals surface area contributed by atoms with Gasteiger partial charge in [0.1, 0.15) is 0 Å². The highest BCUT2D eigenvalue weighted by Gasteiger charge is 2.39. The van der Waals surface area contributed by atoms with E-state index in [9.17, 15) is 9.59 Å². The van der Waals surface area contributed by atoms with E-state index >= 15 is 0 Å². The predicted molar refractivity (Wildman–Crippen MR) is 98.8 cm³/mol. The van der Waals surface area contributed by atoms with Crippen LogP contribution < -0.4 is 10.6 Å². The first kappa shape index (κ1) is 18.1. The van der Waals surface area contributed by atoms with E-state index in [0.717, 1.165) is 30.7 Å². The largest absolute Gasteiger partial charge is 0.343 e. The van der Waals surface area contributed by atoms with Gasteiger partial charge in [-0.15, -0.1) is 0 Å². The molecular weight excluding hydrogens is 338 g/mol. The van der Waals surface area contributed by atoms with Gasteiger partial charge in [-0.1, -0.05) is 30.2 Å². The van der Waals surface area contributed by atoms with Crippen LogP contribution in [0.25, 0.3) is 0 Å². The first-order valence-electron chi connectivity index (χ1n) is 9.04. The van der Waals surface area contributed by atoms with E-state index in [2.05, 4.69) is 16.7 Å². The van der Waals surface area contributed by atoms with Crippen LogP contribution in [0, 0.1) is 0 Å². The molecule has 0 radical (unpaired) electrons. The number of urea groups is 1. The molecule has 1 aromatic carbocycles. The Bertz CT molecular complexity index is 637. The van der Waals surface area contributed by atoms with Gasteiger partial charge in [-0.3, -0.25) is 4.79 Å². The molecule has 2 fully saturated rings. The Morgan fingerprint density at radius 3 is 2.56 bits per heavy atom. The van der Waals surface area contributed by atoms with E-state index in [1.54, 1.807) is 6.92 Å². The second kappa shape index (κ2) is 7.65. The smallest absolute Gasteiger partial charge is 0.315 e. The summed E-state index contributed by atoms with van der Waals surface area (Å²) in [7, 11) is 0. The van der Waals surface area contributed by atoms with Crippen molar-refractivity contribution >= 4 is 23.5 Å². The molecule has 1 heterocycles. The molecule has 0 aromatic heterocycles. The first-order valence-corrected chi connectivity index (χ1v) is 9.42. The number of hydrogen-bond donors (Lipinski definition) is 2. The third-order valence-corrected chi connectivity index (χ3v) is 5.85. The second-order valence-corrected chi connectivity index (χ2v) is 7.69. The number of carbonyl (C=O) groups is 2. The molecule has 1 aromatic rings. The molecule has 1 aliphatic carbocycles. The molecule has 2 aliphatic rings. The molecule has 1 saturated carbocycles. The molecule has 3 rings (SSSR count). The van der Waals surface area contributed by atoms with Gasteiger partial charge in [0.15, 0.2) is 0 Å². The molecule has 0 spiro atoms. The van der Waals surface area contributed by atoms with Crippen molar-refractivity contribution in [3.63, 3.8) is 0 Å². The predicted octanol–water partition coefficient (Wildman–Crippen LogP) is 3.07. The van der Waals surface area contributed by atoms with Crippen molar-refractivity contribution in [2.45, 2.75) is 50.5 Å². The number of benzene rings is 1. The lowest BCUT2D eigenvalue weighted by Crippen LogP contribution is -2.52. The number of carbonyl (C=O) groups excluding carboxylic acids is 2. The van der Waals surface area contributed by atoms with E-state index < -0.39 is 0 Å². The van der Waals surface area contributed by atoms with Gasteiger partial charge in [-0.2, -0.15) is 0 Å². The van der Waals surface area contributed by atoms with Crippen LogP contribution in [-0.4, -0.2) is 42.5 Å². The maximum Gasteiger partial charge on any atom is 0.315 e. The quantitative estimate of drug-likeness (QED) is 0.863. The average Bonchev–Trinajstić information content (AvgIpc) is 2.54. The summed E-state index contributed by atoms with van der Waals surface area (Å²) < 4.78 is 0. The normalized spacial score (nSPS) is 19.8. The van der Waals surface area contributed by atoms with Gasteiger partial charge in [-0.25, -0.2) is 4.79 Å². The zero-order valence-corrected chi connectivity index (χ0v) is 15.4. The maximum atomic E-state index is 12.3. The molecule has 2 N–H and O–H groups in total. The minimum absolute atomic E-state index is 0.0141. The van der Waals surface area contributed by atoms with E-state index in [1.165, 1.54) is 12.0 Å². The number of hydrogen-bond acceptors (Lipinski definition) is 2. The summed E-state index contributed by atoms with van der Waals surface area (Å²) in [6.45, 7) is 3.65. The van der Waals surface area contributed by atoms with Crippen LogP contribution in [0.2, 0.25) is 5.02 Å². The fourth-order valence-corrected chi connectivity index (χ4v) is 4.00. The first-order chi connectivity index (χ1) is 12.0. The number of amides is 3. The number of piperidine rings is 1. The molecule has 0 atom stereocenters. The summed E-state index contributed by atoms with van der Waals surface area (Å²) in [5.74, 6) is 0.108.